The molecule has 2 nitrogen and oxygen atoms in total. The molecule has 0 atom stereocenters. The van der Waals surface area contributed by atoms with E-state index in [1.54, 1.807) is 24.3 Å². The third kappa shape index (κ3) is 2.48. The van der Waals surface area contributed by atoms with Crippen LogP contribution in [0.15, 0.2) is 36.4 Å². The number of ether oxygens (including phenoxy) is 1. The van der Waals surface area contributed by atoms with E-state index >= 15 is 0 Å². The lowest BCUT2D eigenvalue weighted by Crippen LogP contribution is -1.85. The van der Waals surface area contributed by atoms with E-state index in [9.17, 15) is 5.11 Å². The number of hydrogen-bond donors (Lipinski definition) is 1. The topological polar surface area (TPSA) is 29.5 Å². The highest BCUT2D eigenvalue weighted by molar-refractivity contribution is 6.36. The molecule has 0 amide bonds. The standard InChI is InChI=1S/C13H10Cl2O2/c1-17-13-5-2-8(6-12(13)16)10-4-3-9(14)7-11(10)15/h2-7,16H,1H3. The normalized spacial score (nSPS) is 10.3. The first-order chi connectivity index (χ1) is 8.11. The van der Waals surface area contributed by atoms with Gasteiger partial charge in [-0.3, -0.25) is 0 Å². The Hall–Kier alpha value is -1.38. The van der Waals surface area contributed by atoms with Crippen LogP contribution >= 0.6 is 23.2 Å². The summed E-state index contributed by atoms with van der Waals surface area (Å²) in [7, 11) is 1.50. The Kier molecular flexibility index (Phi) is 3.46. The molecule has 2 rings (SSSR count). The number of halogens is 2. The molecule has 0 spiro atoms. The van der Waals surface area contributed by atoms with Gasteiger partial charge < -0.3 is 9.84 Å². The molecule has 0 heterocycles. The minimum absolute atomic E-state index is 0.0796. The molecule has 0 radical (unpaired) electrons. The summed E-state index contributed by atoms with van der Waals surface area (Å²) >= 11 is 11.9. The molecular weight excluding hydrogens is 259 g/mol. The Bertz CT molecular complexity index is 553. The van der Waals surface area contributed by atoms with Gasteiger partial charge in [-0.15, -0.1) is 0 Å². The van der Waals surface area contributed by atoms with E-state index in [2.05, 4.69) is 0 Å². The van der Waals surface area contributed by atoms with Gasteiger partial charge in [0.1, 0.15) is 0 Å². The first kappa shape index (κ1) is 12.1. The zero-order valence-electron chi connectivity index (χ0n) is 9.08. The summed E-state index contributed by atoms with van der Waals surface area (Å²) < 4.78 is 4.98. The maximum Gasteiger partial charge on any atom is 0.160 e. The highest BCUT2D eigenvalue weighted by Crippen LogP contribution is 2.35. The molecule has 0 aliphatic rings. The molecule has 0 fully saturated rings. The lowest BCUT2D eigenvalue weighted by atomic mass is 10.1. The van der Waals surface area contributed by atoms with E-state index in [-0.39, 0.29) is 5.75 Å². The van der Waals surface area contributed by atoms with Crippen LogP contribution in [0.1, 0.15) is 0 Å². The van der Waals surface area contributed by atoms with Crippen LogP contribution in [-0.2, 0) is 0 Å². The zero-order chi connectivity index (χ0) is 12.4. The predicted molar refractivity (Wildman–Crippen MR) is 70.1 cm³/mol. The fourth-order valence-electron chi connectivity index (χ4n) is 1.58. The van der Waals surface area contributed by atoms with Crippen LogP contribution in [0.2, 0.25) is 10.0 Å². The van der Waals surface area contributed by atoms with Gasteiger partial charge in [0.25, 0.3) is 0 Å². The molecule has 0 aliphatic carbocycles. The monoisotopic (exact) mass is 268 g/mol. The Morgan fingerprint density at radius 2 is 1.82 bits per heavy atom. The van der Waals surface area contributed by atoms with Crippen LogP contribution in [0.3, 0.4) is 0 Å². The van der Waals surface area contributed by atoms with Gasteiger partial charge in [-0.1, -0.05) is 35.3 Å². The molecule has 2 aromatic carbocycles. The second-order valence-electron chi connectivity index (χ2n) is 3.51. The average molecular weight is 269 g/mol. The van der Waals surface area contributed by atoms with Crippen molar-refractivity contribution in [3.8, 4) is 22.6 Å². The summed E-state index contributed by atoms with van der Waals surface area (Å²) in [5.74, 6) is 0.509. The van der Waals surface area contributed by atoms with Crippen molar-refractivity contribution >= 4 is 23.2 Å². The van der Waals surface area contributed by atoms with Crippen molar-refractivity contribution in [2.75, 3.05) is 7.11 Å². The van der Waals surface area contributed by atoms with Crippen molar-refractivity contribution in [2.45, 2.75) is 0 Å². The third-order valence-electron chi connectivity index (χ3n) is 2.42. The van der Waals surface area contributed by atoms with Gasteiger partial charge in [-0.2, -0.15) is 0 Å². The summed E-state index contributed by atoms with van der Waals surface area (Å²) in [6, 6.07) is 10.4. The lowest BCUT2D eigenvalue weighted by molar-refractivity contribution is 0.373. The van der Waals surface area contributed by atoms with Gasteiger partial charge in [0.2, 0.25) is 0 Å². The summed E-state index contributed by atoms with van der Waals surface area (Å²) in [6.07, 6.45) is 0. The number of aromatic hydroxyl groups is 1. The molecule has 0 aliphatic heterocycles. The van der Waals surface area contributed by atoms with E-state index < -0.39 is 0 Å². The highest BCUT2D eigenvalue weighted by atomic mass is 35.5. The molecule has 4 heteroatoms. The first-order valence-corrected chi connectivity index (χ1v) is 5.70. The Labute approximate surface area is 109 Å². The van der Waals surface area contributed by atoms with Crippen molar-refractivity contribution in [2.24, 2.45) is 0 Å². The van der Waals surface area contributed by atoms with Gasteiger partial charge in [0, 0.05) is 15.6 Å². The number of rotatable bonds is 2. The Morgan fingerprint density at radius 1 is 1.06 bits per heavy atom. The van der Waals surface area contributed by atoms with Crippen molar-refractivity contribution < 1.29 is 9.84 Å². The van der Waals surface area contributed by atoms with Crippen LogP contribution in [0.5, 0.6) is 11.5 Å². The summed E-state index contributed by atoms with van der Waals surface area (Å²) in [5.41, 5.74) is 1.62. The SMILES string of the molecule is COc1ccc(-c2ccc(Cl)cc2Cl)cc1O. The number of hydrogen-bond acceptors (Lipinski definition) is 2. The van der Waals surface area contributed by atoms with E-state index in [0.717, 1.165) is 11.1 Å². The molecule has 0 bridgehead atoms. The molecule has 0 aromatic heterocycles. The predicted octanol–water partition coefficient (Wildman–Crippen LogP) is 4.37. The van der Waals surface area contributed by atoms with Crippen molar-refractivity contribution in [3.05, 3.63) is 46.4 Å². The number of benzene rings is 2. The minimum atomic E-state index is 0.0796. The summed E-state index contributed by atoms with van der Waals surface area (Å²) in [4.78, 5) is 0. The van der Waals surface area contributed by atoms with Crippen LogP contribution in [-0.4, -0.2) is 12.2 Å². The molecule has 0 unspecified atom stereocenters. The number of phenolic OH excluding ortho intramolecular Hbond substituents is 1. The van der Waals surface area contributed by atoms with E-state index in [4.69, 9.17) is 27.9 Å². The molecular formula is C13H10Cl2O2. The van der Waals surface area contributed by atoms with Crippen LogP contribution < -0.4 is 4.74 Å². The lowest BCUT2D eigenvalue weighted by Gasteiger charge is -2.08. The second-order valence-corrected chi connectivity index (χ2v) is 4.35. The second kappa shape index (κ2) is 4.86. The zero-order valence-corrected chi connectivity index (χ0v) is 10.6. The molecule has 88 valence electrons. The van der Waals surface area contributed by atoms with Crippen molar-refractivity contribution in [1.29, 1.82) is 0 Å². The van der Waals surface area contributed by atoms with E-state index in [1.807, 2.05) is 12.1 Å². The largest absolute Gasteiger partial charge is 0.504 e. The van der Waals surface area contributed by atoms with Crippen LogP contribution in [0, 0.1) is 0 Å². The molecule has 2 aromatic rings. The van der Waals surface area contributed by atoms with Gasteiger partial charge in [-0.25, -0.2) is 0 Å². The fourth-order valence-corrected chi connectivity index (χ4v) is 2.10. The highest BCUT2D eigenvalue weighted by Gasteiger charge is 2.07. The van der Waals surface area contributed by atoms with Crippen LogP contribution in [0.4, 0.5) is 0 Å². The van der Waals surface area contributed by atoms with Gasteiger partial charge in [-0.05, 0) is 29.8 Å². The fraction of sp³-hybridized carbons (Fsp3) is 0.0769. The third-order valence-corrected chi connectivity index (χ3v) is 2.97. The smallest absolute Gasteiger partial charge is 0.160 e. The maximum atomic E-state index is 9.70. The number of phenols is 1. The molecule has 17 heavy (non-hydrogen) atoms. The molecule has 1 N–H and O–H groups in total. The average Bonchev–Trinajstić information content (AvgIpc) is 2.29. The first-order valence-electron chi connectivity index (χ1n) is 4.94. The van der Waals surface area contributed by atoms with Crippen molar-refractivity contribution in [3.63, 3.8) is 0 Å². The summed E-state index contributed by atoms with van der Waals surface area (Å²) in [6.45, 7) is 0. The van der Waals surface area contributed by atoms with Gasteiger partial charge in [0.15, 0.2) is 11.5 Å². The maximum absolute atomic E-state index is 9.70. The van der Waals surface area contributed by atoms with E-state index in [1.165, 1.54) is 7.11 Å². The minimum Gasteiger partial charge on any atom is -0.504 e. The van der Waals surface area contributed by atoms with Crippen molar-refractivity contribution in [1.82, 2.24) is 0 Å². The Balaban J connectivity index is 2.50. The molecule has 0 saturated carbocycles. The van der Waals surface area contributed by atoms with Gasteiger partial charge in [0.05, 0.1) is 7.11 Å². The molecule has 0 saturated heterocycles. The van der Waals surface area contributed by atoms with Gasteiger partial charge >= 0.3 is 0 Å². The quantitative estimate of drug-likeness (QED) is 0.876. The summed E-state index contributed by atoms with van der Waals surface area (Å²) in [5, 5.41) is 10.8. The van der Waals surface area contributed by atoms with E-state index in [0.29, 0.717) is 15.8 Å². The Morgan fingerprint density at radius 3 is 2.41 bits per heavy atom. The van der Waals surface area contributed by atoms with Crippen LogP contribution in [0.25, 0.3) is 11.1 Å². The number of methoxy groups -OCH3 is 1.